The summed E-state index contributed by atoms with van der Waals surface area (Å²) in [4.78, 5) is 17.6. The van der Waals surface area contributed by atoms with Crippen molar-refractivity contribution in [2.24, 2.45) is 0 Å². The van der Waals surface area contributed by atoms with E-state index in [9.17, 15) is 9.18 Å². The highest BCUT2D eigenvalue weighted by Crippen LogP contribution is 2.21. The summed E-state index contributed by atoms with van der Waals surface area (Å²) in [5.41, 5.74) is 3.37. The number of amides is 1. The average Bonchev–Trinajstić information content (AvgIpc) is 3.09. The first-order valence-electron chi connectivity index (χ1n) is 9.11. The van der Waals surface area contributed by atoms with Crippen molar-refractivity contribution >= 4 is 29.0 Å². The van der Waals surface area contributed by atoms with E-state index in [4.69, 9.17) is 5.26 Å². The predicted octanol–water partition coefficient (Wildman–Crippen LogP) is 4.72. The van der Waals surface area contributed by atoms with Crippen molar-refractivity contribution in [3.8, 4) is 6.07 Å². The predicted molar refractivity (Wildman–Crippen MR) is 116 cm³/mol. The lowest BCUT2D eigenvalue weighted by Crippen LogP contribution is -2.25. The summed E-state index contributed by atoms with van der Waals surface area (Å²) in [6, 6.07) is 16.1. The smallest absolute Gasteiger partial charge is 0.263 e. The minimum absolute atomic E-state index is 0.122. The summed E-state index contributed by atoms with van der Waals surface area (Å²) in [7, 11) is 0. The third-order valence-corrected chi connectivity index (χ3v) is 6.41. The largest absolute Gasteiger partial charge is 0.350 e. The van der Waals surface area contributed by atoms with Gasteiger partial charge in [-0.15, -0.1) is 11.3 Å². The van der Waals surface area contributed by atoms with E-state index in [0.29, 0.717) is 29.1 Å². The summed E-state index contributed by atoms with van der Waals surface area (Å²) in [6.07, 6.45) is 0.577. The summed E-state index contributed by atoms with van der Waals surface area (Å²) >= 11 is 3.05. The summed E-state index contributed by atoms with van der Waals surface area (Å²) in [5, 5.41) is 12.9. The molecule has 0 fully saturated rings. The Balaban J connectivity index is 1.47. The van der Waals surface area contributed by atoms with Crippen LogP contribution in [0, 0.1) is 24.1 Å². The number of aromatic nitrogens is 1. The van der Waals surface area contributed by atoms with E-state index in [0.717, 1.165) is 27.6 Å². The van der Waals surface area contributed by atoms with Crippen LogP contribution in [-0.4, -0.2) is 23.2 Å². The van der Waals surface area contributed by atoms with E-state index in [2.05, 4.69) is 16.4 Å². The Kier molecular flexibility index (Phi) is 7.39. The van der Waals surface area contributed by atoms with Gasteiger partial charge in [0, 0.05) is 24.5 Å². The Morgan fingerprint density at radius 3 is 2.76 bits per heavy atom. The molecule has 1 amide bonds. The van der Waals surface area contributed by atoms with Crippen LogP contribution < -0.4 is 5.32 Å². The number of nitrogens with one attached hydrogen (secondary N) is 1. The van der Waals surface area contributed by atoms with Gasteiger partial charge in [-0.2, -0.15) is 17.0 Å². The lowest BCUT2D eigenvalue weighted by molar-refractivity contribution is 0.0959. The van der Waals surface area contributed by atoms with Crippen LogP contribution in [0.1, 0.15) is 37.1 Å². The van der Waals surface area contributed by atoms with Gasteiger partial charge in [0.2, 0.25) is 0 Å². The molecule has 0 spiro atoms. The highest BCUT2D eigenvalue weighted by atomic mass is 32.2. The summed E-state index contributed by atoms with van der Waals surface area (Å²) in [5.74, 6) is 1.11. The molecule has 0 aliphatic heterocycles. The molecule has 148 valence electrons. The van der Waals surface area contributed by atoms with Gasteiger partial charge in [0.05, 0.1) is 22.3 Å². The number of benzene rings is 2. The van der Waals surface area contributed by atoms with Crippen molar-refractivity contribution in [1.29, 1.82) is 5.26 Å². The Labute approximate surface area is 177 Å². The van der Waals surface area contributed by atoms with Gasteiger partial charge in [0.25, 0.3) is 5.91 Å². The maximum Gasteiger partial charge on any atom is 0.263 e. The number of carbonyl (C=O) groups is 1. The third-order valence-electron chi connectivity index (χ3n) is 4.24. The molecule has 0 saturated heterocycles. The molecule has 3 aromatic rings. The van der Waals surface area contributed by atoms with Crippen molar-refractivity contribution in [1.82, 2.24) is 10.3 Å². The molecule has 1 N–H and O–H groups in total. The molecule has 7 heteroatoms. The zero-order valence-corrected chi connectivity index (χ0v) is 17.6. The maximum absolute atomic E-state index is 13.0. The number of thiazole rings is 1. The molecule has 3 rings (SSSR count). The highest BCUT2D eigenvalue weighted by molar-refractivity contribution is 7.98. The standard InChI is InChI=1S/C22H20FN3OS2/c1-15-21(29-20(26-15)12-16-6-8-19(23)9-7-16)22(27)25-10-11-28-14-18-5-3-2-4-17(18)13-24/h2-9H,10-12,14H2,1H3,(H,25,27). The molecule has 1 heterocycles. The minimum Gasteiger partial charge on any atom is -0.350 e. The Morgan fingerprint density at radius 1 is 1.24 bits per heavy atom. The van der Waals surface area contributed by atoms with E-state index in [-0.39, 0.29) is 11.7 Å². The number of hydrogen-bond acceptors (Lipinski definition) is 5. The van der Waals surface area contributed by atoms with Crippen molar-refractivity contribution in [2.45, 2.75) is 19.1 Å². The normalized spacial score (nSPS) is 10.5. The van der Waals surface area contributed by atoms with Crippen LogP contribution in [0.4, 0.5) is 4.39 Å². The molecule has 0 aliphatic carbocycles. The van der Waals surface area contributed by atoms with Crippen LogP contribution in [0.5, 0.6) is 0 Å². The van der Waals surface area contributed by atoms with Gasteiger partial charge in [0.15, 0.2) is 0 Å². The Bertz CT molecular complexity index is 1030. The van der Waals surface area contributed by atoms with E-state index in [1.54, 1.807) is 23.9 Å². The Morgan fingerprint density at radius 2 is 2.00 bits per heavy atom. The fourth-order valence-electron chi connectivity index (χ4n) is 2.77. The highest BCUT2D eigenvalue weighted by Gasteiger charge is 2.15. The fourth-order valence-corrected chi connectivity index (χ4v) is 4.65. The van der Waals surface area contributed by atoms with E-state index < -0.39 is 0 Å². The van der Waals surface area contributed by atoms with Crippen LogP contribution in [-0.2, 0) is 12.2 Å². The second-order valence-corrected chi connectivity index (χ2v) is 8.59. The molecular weight excluding hydrogens is 405 g/mol. The van der Waals surface area contributed by atoms with Gasteiger partial charge >= 0.3 is 0 Å². The SMILES string of the molecule is Cc1nc(Cc2ccc(F)cc2)sc1C(=O)NCCSCc1ccccc1C#N. The molecule has 0 bridgehead atoms. The van der Waals surface area contributed by atoms with Crippen molar-refractivity contribution in [2.75, 3.05) is 12.3 Å². The van der Waals surface area contributed by atoms with Crippen LogP contribution in [0.25, 0.3) is 0 Å². The number of aryl methyl sites for hydroxylation is 1. The zero-order chi connectivity index (χ0) is 20.6. The molecule has 0 saturated carbocycles. The molecule has 0 unspecified atom stereocenters. The van der Waals surface area contributed by atoms with Gasteiger partial charge in [-0.3, -0.25) is 4.79 Å². The van der Waals surface area contributed by atoms with Gasteiger partial charge in [-0.05, 0) is 36.2 Å². The number of halogens is 1. The van der Waals surface area contributed by atoms with E-state index >= 15 is 0 Å². The van der Waals surface area contributed by atoms with Crippen molar-refractivity contribution < 1.29 is 9.18 Å². The zero-order valence-electron chi connectivity index (χ0n) is 15.9. The second kappa shape index (κ2) is 10.2. The van der Waals surface area contributed by atoms with Crippen LogP contribution in [0.2, 0.25) is 0 Å². The van der Waals surface area contributed by atoms with Crippen molar-refractivity contribution in [3.63, 3.8) is 0 Å². The molecule has 29 heavy (non-hydrogen) atoms. The lowest BCUT2D eigenvalue weighted by Gasteiger charge is -2.05. The number of thioether (sulfide) groups is 1. The third kappa shape index (κ3) is 5.89. The number of hydrogen-bond donors (Lipinski definition) is 1. The molecule has 0 atom stereocenters. The van der Waals surface area contributed by atoms with Gasteiger partial charge in [-0.1, -0.05) is 30.3 Å². The van der Waals surface area contributed by atoms with Gasteiger partial charge in [0.1, 0.15) is 10.7 Å². The first-order valence-corrected chi connectivity index (χ1v) is 11.1. The fraction of sp³-hybridized carbons (Fsp3) is 0.227. The molecular formula is C22H20FN3OS2. The van der Waals surface area contributed by atoms with Crippen LogP contribution in [0.3, 0.4) is 0 Å². The number of nitriles is 1. The maximum atomic E-state index is 13.0. The quantitative estimate of drug-likeness (QED) is 0.531. The van der Waals surface area contributed by atoms with Crippen LogP contribution in [0.15, 0.2) is 48.5 Å². The molecule has 4 nitrogen and oxygen atoms in total. The molecule has 0 aliphatic rings. The van der Waals surface area contributed by atoms with E-state index in [1.165, 1.54) is 23.5 Å². The minimum atomic E-state index is -0.266. The Hall–Kier alpha value is -2.69. The van der Waals surface area contributed by atoms with Crippen LogP contribution >= 0.6 is 23.1 Å². The second-order valence-electron chi connectivity index (χ2n) is 6.40. The number of nitrogens with zero attached hydrogens (tertiary/aromatic N) is 2. The number of carbonyl (C=O) groups excluding carboxylic acids is 1. The number of rotatable bonds is 8. The lowest BCUT2D eigenvalue weighted by atomic mass is 10.1. The van der Waals surface area contributed by atoms with Gasteiger partial charge in [-0.25, -0.2) is 9.37 Å². The topological polar surface area (TPSA) is 65.8 Å². The van der Waals surface area contributed by atoms with E-state index in [1.807, 2.05) is 31.2 Å². The molecule has 0 radical (unpaired) electrons. The monoisotopic (exact) mass is 425 g/mol. The molecule has 2 aromatic carbocycles. The first-order chi connectivity index (χ1) is 14.1. The summed E-state index contributed by atoms with van der Waals surface area (Å²) < 4.78 is 13.0. The van der Waals surface area contributed by atoms with Crippen molar-refractivity contribution in [3.05, 3.63) is 86.6 Å². The molecule has 1 aromatic heterocycles. The summed E-state index contributed by atoms with van der Waals surface area (Å²) in [6.45, 7) is 2.37. The average molecular weight is 426 g/mol. The van der Waals surface area contributed by atoms with Gasteiger partial charge < -0.3 is 5.32 Å². The first kappa shape index (κ1) is 21.0.